The first-order valence-electron chi connectivity index (χ1n) is 9.56. The molecule has 0 unspecified atom stereocenters. The minimum atomic E-state index is -0.219. The molecule has 0 bridgehead atoms. The topological polar surface area (TPSA) is 49.4 Å². The zero-order valence-corrected chi connectivity index (χ0v) is 16.9. The molecule has 1 heterocycles. The minimum Gasteiger partial charge on any atom is -0.348 e. The Balaban J connectivity index is 1.52. The van der Waals surface area contributed by atoms with Crippen molar-refractivity contribution in [3.63, 3.8) is 0 Å². The number of amides is 2. The molecule has 4 nitrogen and oxygen atoms in total. The van der Waals surface area contributed by atoms with Crippen LogP contribution in [0.5, 0.6) is 0 Å². The molecule has 0 saturated heterocycles. The van der Waals surface area contributed by atoms with Crippen molar-refractivity contribution in [1.82, 2.24) is 5.32 Å². The maximum absolute atomic E-state index is 13.1. The molecule has 5 heteroatoms. The van der Waals surface area contributed by atoms with E-state index < -0.39 is 0 Å². The Kier molecular flexibility index (Phi) is 5.36. The molecule has 0 aliphatic carbocycles. The van der Waals surface area contributed by atoms with Crippen molar-refractivity contribution >= 4 is 29.1 Å². The van der Waals surface area contributed by atoms with Crippen LogP contribution in [0.4, 0.5) is 5.69 Å². The van der Waals surface area contributed by atoms with E-state index in [1.165, 1.54) is 0 Å². The monoisotopic (exact) mass is 404 g/mol. The van der Waals surface area contributed by atoms with Crippen molar-refractivity contribution in [2.75, 3.05) is 11.4 Å². The number of carbonyl (C=O) groups excluding carboxylic acids is 2. The second-order valence-corrected chi connectivity index (χ2v) is 7.55. The summed E-state index contributed by atoms with van der Waals surface area (Å²) in [5.74, 6) is -0.206. The summed E-state index contributed by atoms with van der Waals surface area (Å²) >= 11 is 6.10. The van der Waals surface area contributed by atoms with E-state index in [0.717, 1.165) is 34.4 Å². The maximum atomic E-state index is 13.1. The van der Waals surface area contributed by atoms with Gasteiger partial charge in [-0.3, -0.25) is 9.59 Å². The van der Waals surface area contributed by atoms with Gasteiger partial charge in [0.15, 0.2) is 0 Å². The number of nitrogens with zero attached hydrogens (tertiary/aromatic N) is 1. The number of aryl methyl sites for hydroxylation is 1. The molecular weight excluding hydrogens is 384 g/mol. The highest BCUT2D eigenvalue weighted by atomic mass is 35.5. The number of halogens is 1. The van der Waals surface area contributed by atoms with Crippen LogP contribution >= 0.6 is 11.6 Å². The van der Waals surface area contributed by atoms with Crippen LogP contribution in [-0.4, -0.2) is 18.4 Å². The van der Waals surface area contributed by atoms with Gasteiger partial charge in [0, 0.05) is 24.3 Å². The third kappa shape index (κ3) is 3.89. The van der Waals surface area contributed by atoms with E-state index in [-0.39, 0.29) is 11.8 Å². The average molecular weight is 405 g/mol. The van der Waals surface area contributed by atoms with Crippen LogP contribution < -0.4 is 10.2 Å². The van der Waals surface area contributed by atoms with Crippen molar-refractivity contribution < 1.29 is 9.59 Å². The summed E-state index contributed by atoms with van der Waals surface area (Å²) in [5.41, 5.74) is 5.14. The lowest BCUT2D eigenvalue weighted by molar-refractivity contribution is 0.0949. The fourth-order valence-electron chi connectivity index (χ4n) is 3.63. The molecule has 4 rings (SSSR count). The molecule has 146 valence electrons. The zero-order chi connectivity index (χ0) is 20.4. The van der Waals surface area contributed by atoms with Gasteiger partial charge in [0.05, 0.1) is 10.6 Å². The summed E-state index contributed by atoms with van der Waals surface area (Å²) in [6, 6.07) is 20.6. The van der Waals surface area contributed by atoms with Crippen LogP contribution in [0.25, 0.3) is 0 Å². The number of fused-ring (bicyclic) bond motifs is 1. The summed E-state index contributed by atoms with van der Waals surface area (Å²) in [4.78, 5) is 27.3. The molecule has 0 atom stereocenters. The smallest absolute Gasteiger partial charge is 0.258 e. The number of rotatable bonds is 4. The summed E-state index contributed by atoms with van der Waals surface area (Å²) in [5, 5.41) is 3.33. The highest BCUT2D eigenvalue weighted by Crippen LogP contribution is 2.31. The normalized spacial score (nSPS) is 12.6. The Labute approximate surface area is 175 Å². The third-order valence-electron chi connectivity index (χ3n) is 5.24. The van der Waals surface area contributed by atoms with Crippen LogP contribution in [0.1, 0.15) is 37.4 Å². The maximum Gasteiger partial charge on any atom is 0.258 e. The Bertz CT molecular complexity index is 1090. The first kappa shape index (κ1) is 19.2. The van der Waals surface area contributed by atoms with E-state index in [1.807, 2.05) is 54.3 Å². The summed E-state index contributed by atoms with van der Waals surface area (Å²) in [7, 11) is 0. The van der Waals surface area contributed by atoms with Gasteiger partial charge in [0.2, 0.25) is 0 Å². The lowest BCUT2D eigenvalue weighted by Crippen LogP contribution is -2.29. The Morgan fingerprint density at radius 1 is 1.00 bits per heavy atom. The van der Waals surface area contributed by atoms with Gasteiger partial charge in [-0.05, 0) is 54.3 Å². The molecule has 0 fully saturated rings. The Morgan fingerprint density at radius 3 is 2.48 bits per heavy atom. The predicted octanol–water partition coefficient (Wildman–Crippen LogP) is 4.78. The van der Waals surface area contributed by atoms with E-state index in [0.29, 0.717) is 23.7 Å². The number of hydrogen-bond donors (Lipinski definition) is 1. The minimum absolute atomic E-state index is 0.0131. The van der Waals surface area contributed by atoms with E-state index in [4.69, 9.17) is 11.6 Å². The molecule has 0 saturated carbocycles. The molecular formula is C24H21ClN2O2. The van der Waals surface area contributed by atoms with Gasteiger partial charge in [0.1, 0.15) is 0 Å². The molecule has 0 aromatic heterocycles. The fourth-order valence-corrected chi connectivity index (χ4v) is 3.85. The molecule has 0 radical (unpaired) electrons. The summed E-state index contributed by atoms with van der Waals surface area (Å²) in [6.45, 7) is 2.98. The van der Waals surface area contributed by atoms with Crippen molar-refractivity contribution in [3.05, 3.63) is 99.6 Å². The van der Waals surface area contributed by atoms with Gasteiger partial charge in [-0.25, -0.2) is 0 Å². The quantitative estimate of drug-likeness (QED) is 0.680. The Hall–Kier alpha value is -3.11. The molecule has 3 aromatic carbocycles. The highest BCUT2D eigenvalue weighted by molar-refractivity contribution is 6.33. The fraction of sp³-hybridized carbons (Fsp3) is 0.167. The molecule has 1 N–H and O–H groups in total. The lowest BCUT2D eigenvalue weighted by Gasteiger charge is -2.19. The first-order valence-corrected chi connectivity index (χ1v) is 9.94. The largest absolute Gasteiger partial charge is 0.348 e. The predicted molar refractivity (Wildman–Crippen MR) is 116 cm³/mol. The number of anilines is 1. The summed E-state index contributed by atoms with van der Waals surface area (Å²) in [6.07, 6.45) is 0.833. The average Bonchev–Trinajstić information content (AvgIpc) is 3.15. The van der Waals surface area contributed by atoms with Crippen molar-refractivity contribution in [2.24, 2.45) is 0 Å². The van der Waals surface area contributed by atoms with E-state index in [1.54, 1.807) is 24.3 Å². The van der Waals surface area contributed by atoms with Crippen LogP contribution in [0.2, 0.25) is 5.02 Å². The van der Waals surface area contributed by atoms with E-state index in [9.17, 15) is 9.59 Å². The van der Waals surface area contributed by atoms with Crippen LogP contribution in [0.15, 0.2) is 66.7 Å². The van der Waals surface area contributed by atoms with Gasteiger partial charge in [-0.15, -0.1) is 0 Å². The first-order chi connectivity index (χ1) is 14.0. The van der Waals surface area contributed by atoms with Crippen molar-refractivity contribution in [2.45, 2.75) is 19.9 Å². The van der Waals surface area contributed by atoms with E-state index >= 15 is 0 Å². The molecule has 29 heavy (non-hydrogen) atoms. The van der Waals surface area contributed by atoms with Gasteiger partial charge in [-0.2, -0.15) is 0 Å². The zero-order valence-electron chi connectivity index (χ0n) is 16.1. The summed E-state index contributed by atoms with van der Waals surface area (Å²) < 4.78 is 0. The second-order valence-electron chi connectivity index (χ2n) is 7.15. The lowest BCUT2D eigenvalue weighted by atomic mass is 10.1. The number of nitrogens with one attached hydrogen (secondary N) is 1. The molecule has 1 aliphatic heterocycles. The van der Waals surface area contributed by atoms with E-state index in [2.05, 4.69) is 5.32 Å². The number of hydrogen-bond acceptors (Lipinski definition) is 2. The number of benzene rings is 3. The van der Waals surface area contributed by atoms with Gasteiger partial charge in [0.25, 0.3) is 11.8 Å². The highest BCUT2D eigenvalue weighted by Gasteiger charge is 2.26. The Morgan fingerprint density at radius 2 is 1.72 bits per heavy atom. The SMILES string of the molecule is Cc1ccccc1C(=O)N1CCc2ccc(CNC(=O)c3ccccc3Cl)cc21. The molecule has 3 aromatic rings. The van der Waals surface area contributed by atoms with Crippen molar-refractivity contribution in [3.8, 4) is 0 Å². The van der Waals surface area contributed by atoms with Gasteiger partial charge < -0.3 is 10.2 Å². The standard InChI is InChI=1S/C24H21ClN2O2/c1-16-6-2-3-7-19(16)24(29)27-13-12-18-11-10-17(14-22(18)27)15-26-23(28)20-8-4-5-9-21(20)25/h2-11,14H,12-13,15H2,1H3,(H,26,28). The van der Waals surface area contributed by atoms with Crippen LogP contribution in [0.3, 0.4) is 0 Å². The number of carbonyl (C=O) groups is 2. The van der Waals surface area contributed by atoms with Crippen LogP contribution in [0, 0.1) is 6.92 Å². The molecule has 1 aliphatic rings. The van der Waals surface area contributed by atoms with Gasteiger partial charge >= 0.3 is 0 Å². The molecule has 0 spiro atoms. The molecule has 2 amide bonds. The second kappa shape index (κ2) is 8.10. The van der Waals surface area contributed by atoms with Gasteiger partial charge in [-0.1, -0.05) is 54.1 Å². The van der Waals surface area contributed by atoms with Crippen LogP contribution in [-0.2, 0) is 13.0 Å². The van der Waals surface area contributed by atoms with Crippen molar-refractivity contribution in [1.29, 1.82) is 0 Å². The third-order valence-corrected chi connectivity index (χ3v) is 5.57.